The molecular weight excluding hydrogens is 527 g/mol. The Kier molecular flexibility index (Phi) is 7.23. The summed E-state index contributed by atoms with van der Waals surface area (Å²) in [5.41, 5.74) is 2.41. The van der Waals surface area contributed by atoms with Crippen LogP contribution < -0.4 is 0 Å². The molecule has 3 saturated heterocycles. The van der Waals surface area contributed by atoms with E-state index in [9.17, 15) is 0 Å². The SMILES string of the molecule is Clc1cccc(C2OC[C@@H]3OC(c4cccc(Cl)c4)O[C@@H]4COC(c5cccc(Cl)c5)O[C@H]4[C@@H]3O2)c1. The number of hydrogen-bond donors (Lipinski definition) is 0. The topological polar surface area (TPSA) is 55.4 Å². The van der Waals surface area contributed by atoms with Crippen molar-refractivity contribution in [2.24, 2.45) is 0 Å². The van der Waals surface area contributed by atoms with Gasteiger partial charge >= 0.3 is 0 Å². The molecule has 6 nitrogen and oxygen atoms in total. The van der Waals surface area contributed by atoms with Crippen LogP contribution in [0.5, 0.6) is 0 Å². The summed E-state index contributed by atoms with van der Waals surface area (Å²) in [6, 6.07) is 22.2. The maximum atomic E-state index is 6.48. The summed E-state index contributed by atoms with van der Waals surface area (Å²) in [6.07, 6.45) is -3.88. The number of ether oxygens (including phenoxy) is 6. The normalized spacial score (nSPS) is 32.2. The van der Waals surface area contributed by atoms with Crippen LogP contribution >= 0.6 is 34.8 Å². The number of halogens is 3. The van der Waals surface area contributed by atoms with Gasteiger partial charge in [0.15, 0.2) is 18.9 Å². The van der Waals surface area contributed by atoms with E-state index >= 15 is 0 Å². The fourth-order valence-electron chi connectivity index (χ4n) is 4.72. The molecule has 0 bridgehead atoms. The highest BCUT2D eigenvalue weighted by Gasteiger charge is 2.50. The van der Waals surface area contributed by atoms with Crippen molar-refractivity contribution in [1.82, 2.24) is 0 Å². The van der Waals surface area contributed by atoms with Crippen molar-refractivity contribution in [2.75, 3.05) is 13.2 Å². The van der Waals surface area contributed by atoms with Crippen molar-refractivity contribution in [1.29, 1.82) is 0 Å². The van der Waals surface area contributed by atoms with Gasteiger partial charge in [-0.2, -0.15) is 0 Å². The van der Waals surface area contributed by atoms with Crippen molar-refractivity contribution in [3.63, 3.8) is 0 Å². The zero-order valence-corrected chi connectivity index (χ0v) is 21.2. The van der Waals surface area contributed by atoms with E-state index in [4.69, 9.17) is 63.2 Å². The molecule has 7 atom stereocenters. The van der Waals surface area contributed by atoms with Gasteiger partial charge in [-0.05, 0) is 36.4 Å². The summed E-state index contributed by atoms with van der Waals surface area (Å²) in [4.78, 5) is 0. The third-order valence-corrected chi connectivity index (χ3v) is 7.11. The maximum Gasteiger partial charge on any atom is 0.185 e. The molecule has 3 aromatic rings. The van der Waals surface area contributed by atoms with Gasteiger partial charge in [0.25, 0.3) is 0 Å². The Morgan fingerprint density at radius 2 is 0.889 bits per heavy atom. The number of benzene rings is 3. The molecule has 3 aliphatic rings. The highest BCUT2D eigenvalue weighted by molar-refractivity contribution is 6.31. The Morgan fingerprint density at radius 3 is 1.28 bits per heavy atom. The average molecular weight is 550 g/mol. The Balaban J connectivity index is 1.32. The molecule has 3 heterocycles. The maximum absolute atomic E-state index is 6.48. The highest BCUT2D eigenvalue weighted by Crippen LogP contribution is 2.42. The second-order valence-electron chi connectivity index (χ2n) is 8.88. The molecule has 6 rings (SSSR count). The van der Waals surface area contributed by atoms with E-state index in [1.54, 1.807) is 6.07 Å². The van der Waals surface area contributed by atoms with E-state index in [0.717, 1.165) is 16.7 Å². The smallest absolute Gasteiger partial charge is 0.185 e. The zero-order chi connectivity index (χ0) is 24.6. The van der Waals surface area contributed by atoms with Crippen LogP contribution in [0.1, 0.15) is 35.6 Å². The van der Waals surface area contributed by atoms with Gasteiger partial charge in [0, 0.05) is 31.8 Å². The molecule has 0 amide bonds. The summed E-state index contributed by atoms with van der Waals surface area (Å²) < 4.78 is 37.9. The van der Waals surface area contributed by atoms with Crippen molar-refractivity contribution in [3.8, 4) is 0 Å². The number of fused-ring (bicyclic) bond motifs is 3. The van der Waals surface area contributed by atoms with Gasteiger partial charge in [0.05, 0.1) is 13.2 Å². The van der Waals surface area contributed by atoms with E-state index in [-0.39, 0.29) is 13.2 Å². The van der Waals surface area contributed by atoms with Crippen LogP contribution in [0.2, 0.25) is 15.1 Å². The van der Waals surface area contributed by atoms with E-state index in [0.29, 0.717) is 15.1 Å². The van der Waals surface area contributed by atoms with E-state index in [1.165, 1.54) is 0 Å². The Bertz CT molecular complexity index is 1150. The average Bonchev–Trinajstić information content (AvgIpc) is 3.05. The molecule has 3 aliphatic heterocycles. The molecule has 0 N–H and O–H groups in total. The van der Waals surface area contributed by atoms with Crippen molar-refractivity contribution in [2.45, 2.75) is 43.3 Å². The first-order valence-electron chi connectivity index (χ1n) is 11.6. The molecule has 3 aromatic carbocycles. The second kappa shape index (κ2) is 10.6. The number of hydrogen-bond acceptors (Lipinski definition) is 6. The molecule has 3 unspecified atom stereocenters. The zero-order valence-electron chi connectivity index (χ0n) is 19.0. The van der Waals surface area contributed by atoms with Crippen LogP contribution in [0, 0.1) is 0 Å². The Labute approximate surface area is 223 Å². The van der Waals surface area contributed by atoms with E-state index in [2.05, 4.69) is 0 Å². The van der Waals surface area contributed by atoms with Gasteiger partial charge in [0.1, 0.15) is 24.4 Å². The molecule has 0 saturated carbocycles. The lowest BCUT2D eigenvalue weighted by molar-refractivity contribution is -0.319. The van der Waals surface area contributed by atoms with Gasteiger partial charge in [-0.1, -0.05) is 71.2 Å². The van der Waals surface area contributed by atoms with Gasteiger partial charge in [-0.15, -0.1) is 0 Å². The standard InChI is InChI=1S/C27H23Cl3O6/c28-18-7-1-4-15(10-18)25-31-13-21-23(35-25)24-22(34-27(33-21)17-6-3-9-20(30)12-17)14-32-26(36-24)16-5-2-8-19(29)11-16/h1-12,21-27H,13-14H2/t21-,22+,23-,24-,25?,26?,27?/m1/s1. The first kappa shape index (κ1) is 24.6. The highest BCUT2D eigenvalue weighted by atomic mass is 35.5. The van der Waals surface area contributed by atoms with Crippen LogP contribution in [-0.4, -0.2) is 37.6 Å². The van der Waals surface area contributed by atoms with Crippen LogP contribution in [0.4, 0.5) is 0 Å². The predicted octanol–water partition coefficient (Wildman–Crippen LogP) is 6.66. The van der Waals surface area contributed by atoms with Crippen LogP contribution in [0.25, 0.3) is 0 Å². The summed E-state index contributed by atoms with van der Waals surface area (Å²) in [6.45, 7) is 0.551. The summed E-state index contributed by atoms with van der Waals surface area (Å²) in [5.74, 6) is 0. The van der Waals surface area contributed by atoms with Gasteiger partial charge < -0.3 is 28.4 Å². The van der Waals surface area contributed by atoms with Crippen LogP contribution in [0.3, 0.4) is 0 Å². The molecular formula is C27H23Cl3O6. The quantitative estimate of drug-likeness (QED) is 0.364. The molecule has 0 aliphatic carbocycles. The van der Waals surface area contributed by atoms with Crippen molar-refractivity contribution in [3.05, 3.63) is 105 Å². The molecule has 188 valence electrons. The third-order valence-electron chi connectivity index (χ3n) is 6.40. The lowest BCUT2D eigenvalue weighted by Gasteiger charge is -2.42. The molecule has 0 aromatic heterocycles. The first-order chi connectivity index (χ1) is 17.5. The van der Waals surface area contributed by atoms with Crippen LogP contribution in [-0.2, 0) is 28.4 Å². The predicted molar refractivity (Wildman–Crippen MR) is 134 cm³/mol. The second-order valence-corrected chi connectivity index (χ2v) is 10.2. The molecule has 0 spiro atoms. The fraction of sp³-hybridized carbons (Fsp3) is 0.333. The minimum Gasteiger partial charge on any atom is -0.346 e. The Hall–Kier alpha value is -1.71. The summed E-state index contributed by atoms with van der Waals surface area (Å²) in [7, 11) is 0. The Morgan fingerprint density at radius 1 is 0.500 bits per heavy atom. The summed E-state index contributed by atoms with van der Waals surface area (Å²) in [5, 5.41) is 1.79. The molecule has 36 heavy (non-hydrogen) atoms. The third kappa shape index (κ3) is 5.16. The lowest BCUT2D eigenvalue weighted by atomic mass is 10.0. The van der Waals surface area contributed by atoms with Crippen LogP contribution in [0.15, 0.2) is 72.8 Å². The van der Waals surface area contributed by atoms with Crippen molar-refractivity contribution >= 4 is 34.8 Å². The monoisotopic (exact) mass is 548 g/mol. The first-order valence-corrected chi connectivity index (χ1v) is 12.8. The molecule has 3 fully saturated rings. The number of rotatable bonds is 3. The minimum atomic E-state index is -0.698. The molecule has 0 radical (unpaired) electrons. The summed E-state index contributed by atoms with van der Waals surface area (Å²) >= 11 is 18.7. The van der Waals surface area contributed by atoms with Gasteiger partial charge in [-0.25, -0.2) is 0 Å². The molecule has 9 heteroatoms. The largest absolute Gasteiger partial charge is 0.346 e. The van der Waals surface area contributed by atoms with E-state index < -0.39 is 43.3 Å². The minimum absolute atomic E-state index is 0.275. The van der Waals surface area contributed by atoms with Gasteiger partial charge in [-0.3, -0.25) is 0 Å². The van der Waals surface area contributed by atoms with E-state index in [1.807, 2.05) is 66.7 Å². The fourth-order valence-corrected chi connectivity index (χ4v) is 5.32. The lowest BCUT2D eigenvalue weighted by Crippen LogP contribution is -2.55. The van der Waals surface area contributed by atoms with Gasteiger partial charge in [0.2, 0.25) is 0 Å². The van der Waals surface area contributed by atoms with Crippen molar-refractivity contribution < 1.29 is 28.4 Å².